The summed E-state index contributed by atoms with van der Waals surface area (Å²) >= 11 is 0. The number of rotatable bonds is 3. The highest BCUT2D eigenvalue weighted by atomic mass is 19.3. The van der Waals surface area contributed by atoms with Crippen molar-refractivity contribution in [2.45, 2.75) is 12.8 Å². The number of carbonyl (C=O) groups is 1. The summed E-state index contributed by atoms with van der Waals surface area (Å²) in [6.07, 6.45) is -3.31. The zero-order valence-electron chi connectivity index (χ0n) is 8.78. The molecule has 90 valence electrons. The van der Waals surface area contributed by atoms with Crippen molar-refractivity contribution in [2.75, 3.05) is 7.11 Å². The van der Waals surface area contributed by atoms with E-state index in [4.69, 9.17) is 5.26 Å². The lowest BCUT2D eigenvalue weighted by Gasteiger charge is -2.07. The smallest absolute Gasteiger partial charge is 0.311 e. The van der Waals surface area contributed by atoms with Crippen LogP contribution in [0.15, 0.2) is 6.07 Å². The van der Waals surface area contributed by atoms with Crippen LogP contribution in [-0.4, -0.2) is 23.2 Å². The number of aromatic nitrogens is 1. The first kappa shape index (κ1) is 12.8. The molecule has 0 bridgehead atoms. The molecule has 17 heavy (non-hydrogen) atoms. The Hall–Kier alpha value is -2.23. The molecule has 0 aliphatic rings. The molecule has 1 aromatic rings. The van der Waals surface area contributed by atoms with E-state index >= 15 is 0 Å². The molecule has 0 unspecified atom stereocenters. The Labute approximate surface area is 95.3 Å². The van der Waals surface area contributed by atoms with Gasteiger partial charge in [0.2, 0.25) is 0 Å². The Morgan fingerprint density at radius 3 is 2.82 bits per heavy atom. The van der Waals surface area contributed by atoms with Gasteiger partial charge < -0.3 is 9.84 Å². The summed E-state index contributed by atoms with van der Waals surface area (Å²) < 4.78 is 29.3. The van der Waals surface area contributed by atoms with Crippen LogP contribution < -0.4 is 0 Å². The quantitative estimate of drug-likeness (QED) is 0.808. The van der Waals surface area contributed by atoms with Crippen molar-refractivity contribution in [1.29, 1.82) is 5.26 Å². The molecule has 7 heteroatoms. The predicted molar refractivity (Wildman–Crippen MR) is 51.3 cm³/mol. The third-order valence-electron chi connectivity index (χ3n) is 1.99. The summed E-state index contributed by atoms with van der Waals surface area (Å²) in [6.45, 7) is 0. The van der Waals surface area contributed by atoms with E-state index in [0.29, 0.717) is 0 Å². The number of esters is 1. The van der Waals surface area contributed by atoms with Gasteiger partial charge in [0.1, 0.15) is 17.5 Å². The number of aromatic hydroxyl groups is 1. The number of pyridine rings is 1. The lowest BCUT2D eigenvalue weighted by atomic mass is 10.1. The van der Waals surface area contributed by atoms with E-state index in [1.807, 2.05) is 0 Å². The van der Waals surface area contributed by atoms with E-state index in [1.54, 1.807) is 0 Å². The highest BCUT2D eigenvalue weighted by Gasteiger charge is 2.19. The average molecular weight is 242 g/mol. The van der Waals surface area contributed by atoms with Gasteiger partial charge in [-0.1, -0.05) is 0 Å². The number of hydrogen-bond donors (Lipinski definition) is 1. The van der Waals surface area contributed by atoms with Crippen LogP contribution in [-0.2, 0) is 16.0 Å². The van der Waals surface area contributed by atoms with Gasteiger partial charge in [-0.3, -0.25) is 4.79 Å². The largest absolute Gasteiger partial charge is 0.506 e. The summed E-state index contributed by atoms with van der Waals surface area (Å²) in [7, 11) is 1.14. The number of hydrogen-bond acceptors (Lipinski definition) is 5. The predicted octanol–water partition coefficient (Wildman–Crippen LogP) is 1.31. The summed E-state index contributed by atoms with van der Waals surface area (Å²) in [5.74, 6) is -1.26. The molecular weight excluding hydrogens is 234 g/mol. The van der Waals surface area contributed by atoms with Crippen LogP contribution in [0.5, 0.6) is 5.75 Å². The van der Waals surface area contributed by atoms with E-state index in [9.17, 15) is 18.7 Å². The van der Waals surface area contributed by atoms with Crippen LogP contribution in [0.25, 0.3) is 0 Å². The molecule has 0 fully saturated rings. The lowest BCUT2D eigenvalue weighted by molar-refractivity contribution is -0.139. The first-order chi connectivity index (χ1) is 7.99. The Kier molecular flexibility index (Phi) is 3.93. The first-order valence-corrected chi connectivity index (χ1v) is 4.47. The molecule has 1 aromatic heterocycles. The monoisotopic (exact) mass is 242 g/mol. The molecule has 0 amide bonds. The number of nitrogens with zero attached hydrogens (tertiary/aromatic N) is 2. The molecule has 0 saturated heterocycles. The van der Waals surface area contributed by atoms with Crippen LogP contribution in [0.1, 0.15) is 23.4 Å². The molecule has 1 rings (SSSR count). The SMILES string of the molecule is COC(=O)Cc1nc(C#N)c(C(F)F)cc1O. The molecule has 5 nitrogen and oxygen atoms in total. The fraction of sp³-hybridized carbons (Fsp3) is 0.300. The van der Waals surface area contributed by atoms with E-state index in [2.05, 4.69) is 9.72 Å². The minimum Gasteiger partial charge on any atom is -0.506 e. The summed E-state index contributed by atoms with van der Waals surface area (Å²) in [4.78, 5) is 14.5. The van der Waals surface area contributed by atoms with Crippen LogP contribution >= 0.6 is 0 Å². The topological polar surface area (TPSA) is 83.2 Å². The minimum absolute atomic E-state index is 0.169. The molecule has 0 saturated carbocycles. The molecule has 0 spiro atoms. The summed E-state index contributed by atoms with van der Waals surface area (Å²) in [6, 6.07) is 2.21. The Balaban J connectivity index is 3.19. The van der Waals surface area contributed by atoms with Crippen LogP contribution in [0, 0.1) is 11.3 Å². The molecule has 1 heterocycles. The van der Waals surface area contributed by atoms with Crippen molar-refractivity contribution in [1.82, 2.24) is 4.98 Å². The van der Waals surface area contributed by atoms with Crippen molar-refractivity contribution >= 4 is 5.97 Å². The van der Waals surface area contributed by atoms with Gasteiger partial charge in [-0.05, 0) is 6.07 Å². The Bertz CT molecular complexity index is 483. The highest BCUT2D eigenvalue weighted by Crippen LogP contribution is 2.27. The second-order valence-electron chi connectivity index (χ2n) is 3.06. The molecule has 0 aliphatic carbocycles. The Morgan fingerprint density at radius 1 is 1.71 bits per heavy atom. The number of alkyl halides is 2. The standard InChI is InChI=1S/C10H8F2N2O3/c1-17-9(16)3-6-8(15)2-5(10(11)12)7(4-13)14-6/h2,10,15H,3H2,1H3. The Morgan fingerprint density at radius 2 is 2.35 bits per heavy atom. The third-order valence-corrected chi connectivity index (χ3v) is 1.99. The number of ether oxygens (including phenoxy) is 1. The molecule has 1 N–H and O–H groups in total. The second-order valence-corrected chi connectivity index (χ2v) is 3.06. The minimum atomic E-state index is -2.92. The van der Waals surface area contributed by atoms with Crippen LogP contribution in [0.4, 0.5) is 8.78 Å². The number of methoxy groups -OCH3 is 1. The maximum atomic E-state index is 12.5. The van der Waals surface area contributed by atoms with E-state index < -0.39 is 29.4 Å². The van der Waals surface area contributed by atoms with E-state index in [-0.39, 0.29) is 12.1 Å². The van der Waals surface area contributed by atoms with Gasteiger partial charge in [-0.15, -0.1) is 0 Å². The van der Waals surface area contributed by atoms with Crippen molar-refractivity contribution in [3.8, 4) is 11.8 Å². The summed E-state index contributed by atoms with van der Waals surface area (Å²) in [5.41, 5.74) is -1.35. The maximum Gasteiger partial charge on any atom is 0.311 e. The van der Waals surface area contributed by atoms with Gasteiger partial charge in [0.05, 0.1) is 24.8 Å². The van der Waals surface area contributed by atoms with Gasteiger partial charge in [-0.25, -0.2) is 13.8 Å². The van der Waals surface area contributed by atoms with Gasteiger partial charge in [0.25, 0.3) is 6.43 Å². The molecule has 0 aliphatic heterocycles. The van der Waals surface area contributed by atoms with Crippen LogP contribution in [0.2, 0.25) is 0 Å². The van der Waals surface area contributed by atoms with Gasteiger partial charge in [0, 0.05) is 0 Å². The molecule has 0 aromatic carbocycles. The van der Waals surface area contributed by atoms with Gasteiger partial charge >= 0.3 is 5.97 Å². The number of nitriles is 1. The van der Waals surface area contributed by atoms with Gasteiger partial charge in [0.15, 0.2) is 0 Å². The fourth-order valence-electron chi connectivity index (χ4n) is 1.15. The first-order valence-electron chi connectivity index (χ1n) is 4.47. The van der Waals surface area contributed by atoms with Gasteiger partial charge in [-0.2, -0.15) is 5.26 Å². The molecule has 0 atom stereocenters. The zero-order valence-corrected chi connectivity index (χ0v) is 8.78. The number of carbonyl (C=O) groups excluding carboxylic acids is 1. The van der Waals surface area contributed by atoms with Crippen molar-refractivity contribution in [3.05, 3.63) is 23.0 Å². The van der Waals surface area contributed by atoms with E-state index in [1.165, 1.54) is 6.07 Å². The van der Waals surface area contributed by atoms with Crippen molar-refractivity contribution < 1.29 is 23.4 Å². The lowest BCUT2D eigenvalue weighted by Crippen LogP contribution is -2.08. The third kappa shape index (κ3) is 2.87. The van der Waals surface area contributed by atoms with Crippen molar-refractivity contribution in [2.24, 2.45) is 0 Å². The molecular formula is C10H8F2N2O3. The summed E-state index contributed by atoms with van der Waals surface area (Å²) in [5, 5.41) is 18.0. The fourth-order valence-corrected chi connectivity index (χ4v) is 1.15. The molecule has 0 radical (unpaired) electrons. The van der Waals surface area contributed by atoms with Crippen LogP contribution in [0.3, 0.4) is 0 Å². The highest BCUT2D eigenvalue weighted by molar-refractivity contribution is 5.72. The average Bonchev–Trinajstić information content (AvgIpc) is 2.30. The van der Waals surface area contributed by atoms with Crippen molar-refractivity contribution in [3.63, 3.8) is 0 Å². The zero-order chi connectivity index (χ0) is 13.0. The maximum absolute atomic E-state index is 12.5. The normalized spacial score (nSPS) is 10.1. The second kappa shape index (κ2) is 5.21. The van der Waals surface area contributed by atoms with E-state index in [0.717, 1.165) is 13.2 Å². The number of halogens is 2.